The van der Waals surface area contributed by atoms with Crippen LogP contribution in [0.4, 0.5) is 0 Å². The molecule has 22 heavy (non-hydrogen) atoms. The van der Waals surface area contributed by atoms with Crippen molar-refractivity contribution >= 4 is 39.7 Å². The Kier molecular flexibility index (Phi) is 4.75. The van der Waals surface area contributed by atoms with Crippen molar-refractivity contribution in [1.29, 1.82) is 0 Å². The van der Waals surface area contributed by atoms with Crippen LogP contribution >= 0.6 is 22.9 Å². The maximum Gasteiger partial charge on any atom is 0.221 e. The van der Waals surface area contributed by atoms with Crippen molar-refractivity contribution in [2.24, 2.45) is 0 Å². The van der Waals surface area contributed by atoms with Gasteiger partial charge in [0.1, 0.15) is 0 Å². The molecule has 0 atom stereocenters. The van der Waals surface area contributed by atoms with Gasteiger partial charge in [0.25, 0.3) is 0 Å². The summed E-state index contributed by atoms with van der Waals surface area (Å²) in [6.45, 7) is 1.24. The van der Waals surface area contributed by atoms with Crippen molar-refractivity contribution in [2.45, 2.75) is 19.4 Å². The minimum Gasteiger partial charge on any atom is -0.356 e. The molecule has 2 heterocycles. The van der Waals surface area contributed by atoms with Crippen LogP contribution in [0.25, 0.3) is 10.9 Å². The van der Waals surface area contributed by atoms with Crippen LogP contribution in [0, 0.1) is 0 Å². The Morgan fingerprint density at radius 1 is 1.36 bits per heavy atom. The van der Waals surface area contributed by atoms with Gasteiger partial charge < -0.3 is 5.32 Å². The maximum absolute atomic E-state index is 11.9. The quantitative estimate of drug-likeness (QED) is 0.750. The van der Waals surface area contributed by atoms with Gasteiger partial charge >= 0.3 is 0 Å². The SMILES string of the molecule is O=C(CCn1ncc2cc(Cl)ccc21)NCCc1cccs1. The van der Waals surface area contributed by atoms with E-state index >= 15 is 0 Å². The van der Waals surface area contributed by atoms with Gasteiger partial charge in [0.05, 0.1) is 18.3 Å². The third-order valence-corrected chi connectivity index (χ3v) is 4.60. The third kappa shape index (κ3) is 3.67. The maximum atomic E-state index is 11.9. The van der Waals surface area contributed by atoms with Crippen LogP contribution in [-0.2, 0) is 17.8 Å². The van der Waals surface area contributed by atoms with Crippen LogP contribution in [0.2, 0.25) is 5.02 Å². The molecule has 114 valence electrons. The van der Waals surface area contributed by atoms with Gasteiger partial charge in [0, 0.05) is 28.3 Å². The number of aromatic nitrogens is 2. The number of benzene rings is 1. The van der Waals surface area contributed by atoms with Crippen LogP contribution in [0.15, 0.2) is 41.9 Å². The summed E-state index contributed by atoms with van der Waals surface area (Å²) in [4.78, 5) is 13.2. The molecule has 0 saturated carbocycles. The summed E-state index contributed by atoms with van der Waals surface area (Å²) in [5.74, 6) is 0.0502. The van der Waals surface area contributed by atoms with E-state index in [1.807, 2.05) is 34.3 Å². The van der Waals surface area contributed by atoms with Crippen LogP contribution in [0.1, 0.15) is 11.3 Å². The number of fused-ring (bicyclic) bond motifs is 1. The number of rotatable bonds is 6. The molecule has 0 bridgehead atoms. The summed E-state index contributed by atoms with van der Waals surface area (Å²) >= 11 is 7.67. The Bertz CT molecular complexity index is 767. The molecule has 2 aromatic heterocycles. The van der Waals surface area contributed by atoms with Gasteiger partial charge in [-0.15, -0.1) is 11.3 Å². The van der Waals surface area contributed by atoms with Crippen LogP contribution in [-0.4, -0.2) is 22.2 Å². The topological polar surface area (TPSA) is 46.9 Å². The lowest BCUT2D eigenvalue weighted by molar-refractivity contribution is -0.121. The zero-order valence-corrected chi connectivity index (χ0v) is 13.5. The summed E-state index contributed by atoms with van der Waals surface area (Å²) in [5, 5.41) is 11.0. The lowest BCUT2D eigenvalue weighted by Crippen LogP contribution is -2.26. The highest BCUT2D eigenvalue weighted by Crippen LogP contribution is 2.19. The van der Waals surface area contributed by atoms with Gasteiger partial charge in [0.2, 0.25) is 5.91 Å². The first kappa shape index (κ1) is 15.1. The van der Waals surface area contributed by atoms with Crippen molar-refractivity contribution in [3.8, 4) is 0 Å². The van der Waals surface area contributed by atoms with E-state index in [2.05, 4.69) is 16.5 Å². The fourth-order valence-electron chi connectivity index (χ4n) is 2.31. The molecule has 0 spiro atoms. The lowest BCUT2D eigenvalue weighted by atomic mass is 10.2. The Hall–Kier alpha value is -1.85. The summed E-state index contributed by atoms with van der Waals surface area (Å²) in [7, 11) is 0. The number of thiophene rings is 1. The molecule has 1 N–H and O–H groups in total. The minimum absolute atomic E-state index is 0.0502. The number of hydrogen-bond donors (Lipinski definition) is 1. The van der Waals surface area contributed by atoms with Gasteiger partial charge in [0.15, 0.2) is 0 Å². The molecule has 0 aliphatic rings. The predicted molar refractivity (Wildman–Crippen MR) is 90.4 cm³/mol. The second kappa shape index (κ2) is 6.94. The molecule has 3 rings (SSSR count). The average molecular weight is 334 g/mol. The predicted octanol–water partition coefficient (Wildman–Crippen LogP) is 3.50. The average Bonchev–Trinajstić information content (AvgIpc) is 3.14. The molecule has 3 aromatic rings. The molecule has 0 fully saturated rings. The molecule has 0 unspecified atom stereocenters. The number of hydrogen-bond acceptors (Lipinski definition) is 3. The standard InChI is InChI=1S/C16H16ClN3OS/c17-13-3-4-15-12(10-13)11-19-20(15)8-6-16(21)18-7-5-14-2-1-9-22-14/h1-4,9-11H,5-8H2,(H,18,21). The highest BCUT2D eigenvalue weighted by atomic mass is 35.5. The first-order chi connectivity index (χ1) is 10.7. The second-order valence-corrected chi connectivity index (χ2v) is 6.47. The monoisotopic (exact) mass is 333 g/mol. The van der Waals surface area contributed by atoms with Crippen molar-refractivity contribution in [3.63, 3.8) is 0 Å². The molecular weight excluding hydrogens is 318 g/mol. The highest BCUT2D eigenvalue weighted by Gasteiger charge is 2.06. The molecule has 0 aliphatic heterocycles. The summed E-state index contributed by atoms with van der Waals surface area (Å²) < 4.78 is 1.84. The Balaban J connectivity index is 1.49. The summed E-state index contributed by atoms with van der Waals surface area (Å²) in [6.07, 6.45) is 3.08. The van der Waals surface area contributed by atoms with E-state index in [-0.39, 0.29) is 5.91 Å². The number of carbonyl (C=O) groups excluding carboxylic acids is 1. The molecule has 4 nitrogen and oxygen atoms in total. The van der Waals surface area contributed by atoms with E-state index in [0.29, 0.717) is 24.5 Å². The fourth-order valence-corrected chi connectivity index (χ4v) is 3.20. The number of halogens is 1. The second-order valence-electron chi connectivity index (χ2n) is 5.00. The number of nitrogens with one attached hydrogen (secondary N) is 1. The van der Waals surface area contributed by atoms with E-state index in [0.717, 1.165) is 17.3 Å². The van der Waals surface area contributed by atoms with E-state index < -0.39 is 0 Å². The minimum atomic E-state index is 0.0502. The van der Waals surface area contributed by atoms with Crippen LogP contribution in [0.3, 0.4) is 0 Å². The Labute approximate surface area is 137 Å². The molecule has 1 amide bonds. The largest absolute Gasteiger partial charge is 0.356 e. The van der Waals surface area contributed by atoms with E-state index in [4.69, 9.17) is 11.6 Å². The highest BCUT2D eigenvalue weighted by molar-refractivity contribution is 7.09. The van der Waals surface area contributed by atoms with Crippen LogP contribution in [0.5, 0.6) is 0 Å². The number of carbonyl (C=O) groups is 1. The van der Waals surface area contributed by atoms with Crippen molar-refractivity contribution in [2.75, 3.05) is 6.54 Å². The van der Waals surface area contributed by atoms with Gasteiger partial charge in [-0.3, -0.25) is 9.48 Å². The normalized spacial score (nSPS) is 11.0. The number of nitrogens with zero attached hydrogens (tertiary/aromatic N) is 2. The first-order valence-corrected chi connectivity index (χ1v) is 8.38. The number of amides is 1. The Morgan fingerprint density at radius 3 is 3.09 bits per heavy atom. The Morgan fingerprint density at radius 2 is 2.27 bits per heavy atom. The summed E-state index contributed by atoms with van der Waals surface area (Å²) in [6, 6.07) is 9.75. The van der Waals surface area contributed by atoms with E-state index in [1.54, 1.807) is 17.5 Å². The molecule has 0 aliphatic carbocycles. The smallest absolute Gasteiger partial charge is 0.221 e. The van der Waals surface area contributed by atoms with Gasteiger partial charge in [-0.2, -0.15) is 5.10 Å². The zero-order valence-electron chi connectivity index (χ0n) is 12.0. The molecule has 1 aromatic carbocycles. The zero-order chi connectivity index (χ0) is 15.4. The van der Waals surface area contributed by atoms with Gasteiger partial charge in [-0.05, 0) is 36.1 Å². The van der Waals surface area contributed by atoms with Gasteiger partial charge in [-0.1, -0.05) is 17.7 Å². The molecule has 0 saturated heterocycles. The number of aryl methyl sites for hydroxylation is 1. The van der Waals surface area contributed by atoms with Crippen molar-refractivity contribution in [1.82, 2.24) is 15.1 Å². The van der Waals surface area contributed by atoms with Crippen molar-refractivity contribution < 1.29 is 4.79 Å². The van der Waals surface area contributed by atoms with Crippen LogP contribution < -0.4 is 5.32 Å². The fraction of sp³-hybridized carbons (Fsp3) is 0.250. The van der Waals surface area contributed by atoms with Crippen molar-refractivity contribution in [3.05, 3.63) is 51.8 Å². The molecule has 6 heteroatoms. The lowest BCUT2D eigenvalue weighted by Gasteiger charge is -2.06. The molecule has 0 radical (unpaired) electrons. The summed E-state index contributed by atoms with van der Waals surface area (Å²) in [5.41, 5.74) is 0.996. The first-order valence-electron chi connectivity index (χ1n) is 7.12. The van der Waals surface area contributed by atoms with E-state index in [1.165, 1.54) is 4.88 Å². The third-order valence-electron chi connectivity index (χ3n) is 3.43. The van der Waals surface area contributed by atoms with Gasteiger partial charge in [-0.25, -0.2) is 0 Å². The molecular formula is C16H16ClN3OS. The van der Waals surface area contributed by atoms with E-state index in [9.17, 15) is 4.79 Å².